The van der Waals surface area contributed by atoms with Gasteiger partial charge in [0.15, 0.2) is 0 Å². The molecule has 0 saturated heterocycles. The maximum atomic E-state index is 8.72. The Morgan fingerprint density at radius 1 is 1.16 bits per heavy atom. The number of benzene rings is 2. The number of anilines is 1. The summed E-state index contributed by atoms with van der Waals surface area (Å²) >= 11 is 3.39. The van der Waals surface area contributed by atoms with E-state index in [1.54, 1.807) is 6.07 Å². The van der Waals surface area contributed by atoms with Gasteiger partial charge in [-0.2, -0.15) is 5.26 Å². The second-order valence-corrected chi connectivity index (χ2v) is 5.03. The summed E-state index contributed by atoms with van der Waals surface area (Å²) in [5, 5.41) is 8.72. The smallest absolute Gasteiger partial charge is 0.120 e. The minimum absolute atomic E-state index is 0.293. The summed E-state index contributed by atoms with van der Waals surface area (Å²) in [5.41, 5.74) is 8.30. The molecule has 0 aliphatic carbocycles. The quantitative estimate of drug-likeness (QED) is 0.875. The molecule has 0 bridgehead atoms. The van der Waals surface area contributed by atoms with Crippen molar-refractivity contribution >= 4 is 21.6 Å². The van der Waals surface area contributed by atoms with E-state index in [4.69, 9.17) is 15.7 Å². The van der Waals surface area contributed by atoms with E-state index in [2.05, 4.69) is 22.0 Å². The van der Waals surface area contributed by atoms with Gasteiger partial charge in [-0.1, -0.05) is 28.1 Å². The number of nitriles is 1. The average Bonchev–Trinajstić information content (AvgIpc) is 2.42. The molecule has 0 fully saturated rings. The van der Waals surface area contributed by atoms with Crippen molar-refractivity contribution in [2.75, 3.05) is 5.73 Å². The van der Waals surface area contributed by atoms with E-state index in [0.717, 1.165) is 21.3 Å². The van der Waals surface area contributed by atoms with Crippen molar-refractivity contribution in [3.05, 3.63) is 58.1 Å². The Morgan fingerprint density at radius 2 is 1.89 bits per heavy atom. The van der Waals surface area contributed by atoms with Gasteiger partial charge < -0.3 is 10.5 Å². The van der Waals surface area contributed by atoms with Gasteiger partial charge in [0.1, 0.15) is 12.4 Å². The van der Waals surface area contributed by atoms with Crippen molar-refractivity contribution in [1.29, 1.82) is 5.26 Å². The number of nitrogens with zero attached hydrogens (tertiary/aromatic N) is 1. The molecule has 2 N–H and O–H groups in total. The number of rotatable bonds is 4. The number of ether oxygens (including phenoxy) is 1. The lowest BCUT2D eigenvalue weighted by molar-refractivity contribution is 0.306. The van der Waals surface area contributed by atoms with Crippen molar-refractivity contribution in [2.24, 2.45) is 0 Å². The van der Waals surface area contributed by atoms with Crippen LogP contribution in [0.4, 0.5) is 5.69 Å². The van der Waals surface area contributed by atoms with Crippen molar-refractivity contribution in [2.45, 2.75) is 13.0 Å². The highest BCUT2D eigenvalue weighted by Crippen LogP contribution is 2.21. The molecule has 3 nitrogen and oxygen atoms in total. The zero-order valence-corrected chi connectivity index (χ0v) is 11.9. The topological polar surface area (TPSA) is 59.0 Å². The van der Waals surface area contributed by atoms with Gasteiger partial charge in [0.05, 0.1) is 12.5 Å². The summed E-state index contributed by atoms with van der Waals surface area (Å²) in [4.78, 5) is 0. The Bertz CT molecular complexity index is 603. The SMILES string of the molecule is N#CCc1cc(OCc2ccc(Br)cc2)ccc1N. The van der Waals surface area contributed by atoms with Crippen LogP contribution in [0.25, 0.3) is 0 Å². The minimum Gasteiger partial charge on any atom is -0.489 e. The van der Waals surface area contributed by atoms with Gasteiger partial charge in [0.25, 0.3) is 0 Å². The van der Waals surface area contributed by atoms with E-state index in [0.29, 0.717) is 18.7 Å². The monoisotopic (exact) mass is 316 g/mol. The van der Waals surface area contributed by atoms with Gasteiger partial charge in [0.2, 0.25) is 0 Å². The largest absolute Gasteiger partial charge is 0.489 e. The van der Waals surface area contributed by atoms with E-state index in [1.807, 2.05) is 36.4 Å². The molecule has 0 saturated carbocycles. The summed E-state index contributed by atoms with van der Waals surface area (Å²) in [6.07, 6.45) is 0.293. The summed E-state index contributed by atoms with van der Waals surface area (Å²) in [6.45, 7) is 0.489. The summed E-state index contributed by atoms with van der Waals surface area (Å²) < 4.78 is 6.74. The number of hydrogen-bond acceptors (Lipinski definition) is 3. The molecule has 0 heterocycles. The fourth-order valence-electron chi connectivity index (χ4n) is 1.66. The Hall–Kier alpha value is -1.99. The molecule has 0 radical (unpaired) electrons. The predicted molar refractivity (Wildman–Crippen MR) is 78.6 cm³/mol. The highest BCUT2D eigenvalue weighted by atomic mass is 79.9. The molecule has 0 unspecified atom stereocenters. The molecular formula is C15H13BrN2O. The van der Waals surface area contributed by atoms with Gasteiger partial charge in [0, 0.05) is 10.2 Å². The third kappa shape index (κ3) is 3.73. The lowest BCUT2D eigenvalue weighted by Crippen LogP contribution is -1.98. The molecule has 2 rings (SSSR count). The molecular weight excluding hydrogens is 304 g/mol. The maximum absolute atomic E-state index is 8.72. The lowest BCUT2D eigenvalue weighted by Gasteiger charge is -2.09. The molecule has 0 aliphatic rings. The first kappa shape index (κ1) is 13.4. The number of nitrogens with two attached hydrogens (primary N) is 1. The van der Waals surface area contributed by atoms with Crippen LogP contribution in [0.1, 0.15) is 11.1 Å². The molecule has 19 heavy (non-hydrogen) atoms. The van der Waals surface area contributed by atoms with Gasteiger partial charge in [-0.15, -0.1) is 0 Å². The third-order valence-electron chi connectivity index (χ3n) is 2.70. The normalized spacial score (nSPS) is 9.89. The van der Waals surface area contributed by atoms with E-state index in [-0.39, 0.29) is 0 Å². The number of halogens is 1. The fourth-order valence-corrected chi connectivity index (χ4v) is 1.92. The fraction of sp³-hybridized carbons (Fsp3) is 0.133. The van der Waals surface area contributed by atoms with Crippen LogP contribution >= 0.6 is 15.9 Å². The number of nitrogen functional groups attached to an aromatic ring is 1. The van der Waals surface area contributed by atoms with Gasteiger partial charge in [-0.25, -0.2) is 0 Å². The van der Waals surface area contributed by atoms with E-state index in [1.165, 1.54) is 0 Å². The summed E-state index contributed by atoms with van der Waals surface area (Å²) in [5.74, 6) is 0.724. The Kier molecular flexibility index (Phi) is 4.43. The van der Waals surface area contributed by atoms with Crippen LogP contribution in [0.5, 0.6) is 5.75 Å². The first-order valence-corrected chi connectivity index (χ1v) is 6.61. The van der Waals surface area contributed by atoms with Crippen LogP contribution in [0.2, 0.25) is 0 Å². The zero-order chi connectivity index (χ0) is 13.7. The molecule has 0 aliphatic heterocycles. The summed E-state index contributed by atoms with van der Waals surface area (Å²) in [6, 6.07) is 15.4. The van der Waals surface area contributed by atoms with Crippen LogP contribution in [0.15, 0.2) is 46.9 Å². The number of hydrogen-bond donors (Lipinski definition) is 1. The van der Waals surface area contributed by atoms with Crippen molar-refractivity contribution in [3.63, 3.8) is 0 Å². The molecule has 0 spiro atoms. The van der Waals surface area contributed by atoms with Gasteiger partial charge >= 0.3 is 0 Å². The van der Waals surface area contributed by atoms with Crippen LogP contribution in [-0.4, -0.2) is 0 Å². The standard InChI is InChI=1S/C15H13BrN2O/c16-13-3-1-11(2-4-13)10-19-14-5-6-15(18)12(9-14)7-8-17/h1-6,9H,7,10,18H2. The van der Waals surface area contributed by atoms with E-state index in [9.17, 15) is 0 Å². The van der Waals surface area contributed by atoms with Crippen LogP contribution in [0.3, 0.4) is 0 Å². The third-order valence-corrected chi connectivity index (χ3v) is 3.23. The minimum atomic E-state index is 0.293. The molecule has 0 aromatic heterocycles. The van der Waals surface area contributed by atoms with Crippen LogP contribution in [-0.2, 0) is 13.0 Å². The van der Waals surface area contributed by atoms with Crippen LogP contribution < -0.4 is 10.5 Å². The Labute approximate surface area is 120 Å². The zero-order valence-electron chi connectivity index (χ0n) is 10.3. The van der Waals surface area contributed by atoms with Crippen LogP contribution in [0, 0.1) is 11.3 Å². The summed E-state index contributed by atoms with van der Waals surface area (Å²) in [7, 11) is 0. The average molecular weight is 317 g/mol. The van der Waals surface area contributed by atoms with E-state index >= 15 is 0 Å². The Morgan fingerprint density at radius 3 is 2.58 bits per heavy atom. The highest BCUT2D eigenvalue weighted by molar-refractivity contribution is 9.10. The highest BCUT2D eigenvalue weighted by Gasteiger charge is 2.02. The van der Waals surface area contributed by atoms with Gasteiger partial charge in [-0.3, -0.25) is 0 Å². The van der Waals surface area contributed by atoms with Gasteiger partial charge in [-0.05, 0) is 41.5 Å². The second-order valence-electron chi connectivity index (χ2n) is 4.11. The Balaban J connectivity index is 2.05. The lowest BCUT2D eigenvalue weighted by atomic mass is 10.1. The van der Waals surface area contributed by atoms with Crippen molar-refractivity contribution < 1.29 is 4.74 Å². The molecule has 2 aromatic rings. The second kappa shape index (κ2) is 6.26. The van der Waals surface area contributed by atoms with Crippen molar-refractivity contribution in [1.82, 2.24) is 0 Å². The maximum Gasteiger partial charge on any atom is 0.120 e. The molecule has 2 aromatic carbocycles. The first-order chi connectivity index (χ1) is 9.19. The predicted octanol–water partition coefficient (Wildman–Crippen LogP) is 3.68. The molecule has 0 amide bonds. The molecule has 4 heteroatoms. The first-order valence-electron chi connectivity index (χ1n) is 5.81. The van der Waals surface area contributed by atoms with E-state index < -0.39 is 0 Å². The molecule has 96 valence electrons. The molecule has 0 atom stereocenters. The van der Waals surface area contributed by atoms with Crippen molar-refractivity contribution in [3.8, 4) is 11.8 Å².